The van der Waals surface area contributed by atoms with Gasteiger partial charge in [0, 0.05) is 15.8 Å². The molecule has 0 aliphatic rings. The first kappa shape index (κ1) is 16.3. The minimum absolute atomic E-state index is 0.220. The Bertz CT molecular complexity index is 560. The van der Waals surface area contributed by atoms with Gasteiger partial charge in [-0.1, -0.05) is 58.4 Å². The van der Waals surface area contributed by atoms with Crippen molar-refractivity contribution in [2.75, 3.05) is 7.05 Å². The molecule has 0 bridgehead atoms. The zero-order valence-electron chi connectivity index (χ0n) is 13.9. The summed E-state index contributed by atoms with van der Waals surface area (Å²) in [7, 11) is 2.05. The van der Waals surface area contributed by atoms with Crippen molar-refractivity contribution in [1.82, 2.24) is 5.32 Å². The third kappa shape index (κ3) is 3.96. The molecule has 2 aromatic rings. The number of rotatable bonds is 5. The van der Waals surface area contributed by atoms with Gasteiger partial charge in [-0.2, -0.15) is 0 Å². The van der Waals surface area contributed by atoms with Crippen LogP contribution in [0.2, 0.25) is 0 Å². The van der Waals surface area contributed by atoms with Gasteiger partial charge >= 0.3 is 0 Å². The van der Waals surface area contributed by atoms with E-state index in [1.54, 1.807) is 0 Å². The molecule has 114 valence electrons. The van der Waals surface area contributed by atoms with Crippen molar-refractivity contribution in [2.24, 2.45) is 0 Å². The Morgan fingerprint density at radius 2 is 1.71 bits per heavy atom. The van der Waals surface area contributed by atoms with Crippen LogP contribution in [0.4, 0.5) is 0 Å². The topological polar surface area (TPSA) is 12.0 Å². The third-order valence-corrected chi connectivity index (χ3v) is 5.18. The molecule has 1 atom stereocenters. The molecular weight excluding hydrogens is 274 g/mol. The Morgan fingerprint density at radius 3 is 2.24 bits per heavy atom. The van der Waals surface area contributed by atoms with Gasteiger partial charge in [-0.25, -0.2) is 0 Å². The van der Waals surface area contributed by atoms with Gasteiger partial charge in [-0.3, -0.25) is 0 Å². The second kappa shape index (κ2) is 6.76. The lowest BCUT2D eigenvalue weighted by molar-refractivity contribution is 0.550. The minimum atomic E-state index is 0.220. The van der Waals surface area contributed by atoms with Crippen LogP contribution in [0, 0.1) is 0 Å². The van der Waals surface area contributed by atoms with Crippen LogP contribution in [0.1, 0.15) is 57.0 Å². The lowest BCUT2D eigenvalue weighted by Gasteiger charge is -2.19. The molecule has 0 fully saturated rings. The third-order valence-electron chi connectivity index (χ3n) is 3.93. The maximum atomic E-state index is 3.42. The summed E-state index contributed by atoms with van der Waals surface area (Å²) in [6.45, 7) is 9.01. The highest BCUT2D eigenvalue weighted by Gasteiger charge is 2.14. The summed E-state index contributed by atoms with van der Waals surface area (Å²) in [6, 6.07) is 14.0. The van der Waals surface area contributed by atoms with Crippen molar-refractivity contribution in [2.45, 2.75) is 52.0 Å². The first-order valence-electron chi connectivity index (χ1n) is 7.83. The maximum absolute atomic E-state index is 3.42. The molecule has 21 heavy (non-hydrogen) atoms. The summed E-state index contributed by atoms with van der Waals surface area (Å²) in [4.78, 5) is 2.80. The Morgan fingerprint density at radius 1 is 1.05 bits per heavy atom. The SMILES string of the molecule is CCCC(NC)c1ccc(-c2ccc(C(C)(C)C)cc2)s1. The lowest BCUT2D eigenvalue weighted by Crippen LogP contribution is -2.14. The molecule has 0 amide bonds. The van der Waals surface area contributed by atoms with Crippen LogP contribution in [0.5, 0.6) is 0 Å². The average molecular weight is 301 g/mol. The lowest BCUT2D eigenvalue weighted by atomic mass is 9.86. The highest BCUT2D eigenvalue weighted by Crippen LogP contribution is 2.34. The Hall–Kier alpha value is -1.12. The molecule has 0 spiro atoms. The summed E-state index contributed by atoms with van der Waals surface area (Å²) >= 11 is 1.91. The zero-order chi connectivity index (χ0) is 15.5. The van der Waals surface area contributed by atoms with Crippen LogP contribution in [-0.2, 0) is 5.41 Å². The van der Waals surface area contributed by atoms with E-state index >= 15 is 0 Å². The molecule has 0 aliphatic heterocycles. The van der Waals surface area contributed by atoms with Gasteiger partial charge in [0.25, 0.3) is 0 Å². The fraction of sp³-hybridized carbons (Fsp3) is 0.474. The molecule has 1 heterocycles. The Kier molecular flexibility index (Phi) is 5.23. The first-order chi connectivity index (χ1) is 9.95. The number of nitrogens with one attached hydrogen (secondary N) is 1. The van der Waals surface area contributed by atoms with Crippen LogP contribution in [0.3, 0.4) is 0 Å². The molecule has 0 radical (unpaired) electrons. The smallest absolute Gasteiger partial charge is 0.0412 e. The molecule has 2 rings (SSSR count). The van der Waals surface area contributed by atoms with Crippen molar-refractivity contribution in [3.8, 4) is 10.4 Å². The normalized spacial score (nSPS) is 13.4. The minimum Gasteiger partial charge on any atom is -0.312 e. The fourth-order valence-corrected chi connectivity index (χ4v) is 3.71. The standard InChI is InChI=1S/C19H27NS/c1-6-7-16(20-5)18-13-12-17(21-18)14-8-10-15(11-9-14)19(2,3)4/h8-13,16,20H,6-7H2,1-5H3. The van der Waals surface area contributed by atoms with Crippen molar-refractivity contribution in [1.29, 1.82) is 0 Å². The van der Waals surface area contributed by atoms with Gasteiger partial charge in [-0.15, -0.1) is 11.3 Å². The highest BCUT2D eigenvalue weighted by molar-refractivity contribution is 7.15. The predicted molar refractivity (Wildman–Crippen MR) is 95.2 cm³/mol. The first-order valence-corrected chi connectivity index (χ1v) is 8.65. The molecule has 0 aliphatic carbocycles. The van der Waals surface area contributed by atoms with E-state index < -0.39 is 0 Å². The Labute approximate surface area is 133 Å². The number of thiophene rings is 1. The summed E-state index contributed by atoms with van der Waals surface area (Å²) in [5, 5.41) is 3.42. The van der Waals surface area contributed by atoms with E-state index in [0.717, 1.165) is 0 Å². The van der Waals surface area contributed by atoms with Crippen molar-refractivity contribution < 1.29 is 0 Å². The van der Waals surface area contributed by atoms with Crippen LogP contribution in [0.25, 0.3) is 10.4 Å². The van der Waals surface area contributed by atoms with Crippen molar-refractivity contribution >= 4 is 11.3 Å². The molecule has 1 nitrogen and oxygen atoms in total. The molecule has 1 unspecified atom stereocenters. The van der Waals surface area contributed by atoms with Gasteiger partial charge in [-0.05, 0) is 42.1 Å². The number of hydrogen-bond donors (Lipinski definition) is 1. The van der Waals surface area contributed by atoms with Crippen molar-refractivity contribution in [3.05, 3.63) is 46.8 Å². The van der Waals surface area contributed by atoms with E-state index in [1.165, 1.54) is 33.7 Å². The molecule has 1 N–H and O–H groups in total. The molecule has 2 heteroatoms. The quantitative estimate of drug-likeness (QED) is 0.739. The second-order valence-corrected chi connectivity index (χ2v) is 7.77. The molecule has 1 aromatic carbocycles. The van der Waals surface area contributed by atoms with E-state index in [0.29, 0.717) is 6.04 Å². The van der Waals surface area contributed by atoms with Crippen LogP contribution in [-0.4, -0.2) is 7.05 Å². The average Bonchev–Trinajstić information content (AvgIpc) is 2.93. The number of hydrogen-bond acceptors (Lipinski definition) is 2. The summed E-state index contributed by atoms with van der Waals surface area (Å²) in [6.07, 6.45) is 2.40. The Balaban J connectivity index is 2.21. The molecule has 1 aromatic heterocycles. The predicted octanol–water partition coefficient (Wildman–Crippen LogP) is 5.77. The van der Waals surface area contributed by atoms with Gasteiger partial charge in [0.2, 0.25) is 0 Å². The van der Waals surface area contributed by atoms with Crippen molar-refractivity contribution in [3.63, 3.8) is 0 Å². The fourth-order valence-electron chi connectivity index (χ4n) is 2.55. The van der Waals surface area contributed by atoms with E-state index in [-0.39, 0.29) is 5.41 Å². The van der Waals surface area contributed by atoms with E-state index in [2.05, 4.69) is 76.5 Å². The summed E-state index contributed by atoms with van der Waals surface area (Å²) in [5.41, 5.74) is 2.94. The van der Waals surface area contributed by atoms with E-state index in [4.69, 9.17) is 0 Å². The summed E-state index contributed by atoms with van der Waals surface area (Å²) in [5.74, 6) is 0. The molecule has 0 saturated heterocycles. The largest absolute Gasteiger partial charge is 0.312 e. The molecular formula is C19H27NS. The summed E-state index contributed by atoms with van der Waals surface area (Å²) < 4.78 is 0. The van der Waals surface area contributed by atoms with Crippen LogP contribution < -0.4 is 5.32 Å². The molecule has 0 saturated carbocycles. The van der Waals surface area contributed by atoms with E-state index in [1.807, 2.05) is 11.3 Å². The highest BCUT2D eigenvalue weighted by atomic mass is 32.1. The van der Waals surface area contributed by atoms with Gasteiger partial charge in [0.1, 0.15) is 0 Å². The van der Waals surface area contributed by atoms with Gasteiger partial charge < -0.3 is 5.32 Å². The monoisotopic (exact) mass is 301 g/mol. The number of benzene rings is 1. The van der Waals surface area contributed by atoms with Gasteiger partial charge in [0.05, 0.1) is 0 Å². The van der Waals surface area contributed by atoms with E-state index in [9.17, 15) is 0 Å². The second-order valence-electron chi connectivity index (χ2n) is 6.66. The van der Waals surface area contributed by atoms with Crippen LogP contribution in [0.15, 0.2) is 36.4 Å². The van der Waals surface area contributed by atoms with Gasteiger partial charge in [0.15, 0.2) is 0 Å². The van der Waals surface area contributed by atoms with Crippen LogP contribution >= 0.6 is 11.3 Å². The zero-order valence-corrected chi connectivity index (χ0v) is 14.7. The maximum Gasteiger partial charge on any atom is 0.0412 e.